The Bertz CT molecular complexity index is 937. The molecule has 220 valence electrons. The molecule has 39 heavy (non-hydrogen) atoms. The molecule has 0 aliphatic rings. The first-order valence-corrected chi connectivity index (χ1v) is 14.0. The summed E-state index contributed by atoms with van der Waals surface area (Å²) in [6, 6.07) is 3.75. The predicted octanol–water partition coefficient (Wildman–Crippen LogP) is 5.44. The van der Waals surface area contributed by atoms with Crippen LogP contribution in [0.5, 0.6) is 11.5 Å². The van der Waals surface area contributed by atoms with Crippen LogP contribution < -0.4 is 15.2 Å². The summed E-state index contributed by atoms with van der Waals surface area (Å²) in [5, 5.41) is 0. The SMILES string of the molecule is CCCCCC(=O)Oc1ccc(C[C@H](N)C(=O)O[C@@H](C)COC(=O)CC(C)(C)C)cc1OC(=O)CCCCC. The van der Waals surface area contributed by atoms with E-state index in [2.05, 4.69) is 0 Å². The van der Waals surface area contributed by atoms with Crippen LogP contribution in [0.4, 0.5) is 0 Å². The molecule has 2 N–H and O–H groups in total. The van der Waals surface area contributed by atoms with E-state index in [1.807, 2.05) is 34.6 Å². The summed E-state index contributed by atoms with van der Waals surface area (Å²) < 4.78 is 21.5. The highest BCUT2D eigenvalue weighted by molar-refractivity contribution is 5.77. The minimum atomic E-state index is -1.01. The van der Waals surface area contributed by atoms with Crippen molar-refractivity contribution in [3.63, 3.8) is 0 Å². The van der Waals surface area contributed by atoms with Gasteiger partial charge in [0.05, 0.1) is 6.42 Å². The largest absolute Gasteiger partial charge is 0.462 e. The molecule has 9 nitrogen and oxygen atoms in total. The number of hydrogen-bond donors (Lipinski definition) is 1. The van der Waals surface area contributed by atoms with Gasteiger partial charge >= 0.3 is 23.9 Å². The summed E-state index contributed by atoms with van der Waals surface area (Å²) in [6.07, 6.45) is 5.36. The highest BCUT2D eigenvalue weighted by Gasteiger charge is 2.22. The van der Waals surface area contributed by atoms with Crippen LogP contribution in [0.25, 0.3) is 0 Å². The molecule has 2 atom stereocenters. The highest BCUT2D eigenvalue weighted by Crippen LogP contribution is 2.30. The van der Waals surface area contributed by atoms with Gasteiger partial charge in [-0.25, -0.2) is 0 Å². The lowest BCUT2D eigenvalue weighted by Gasteiger charge is -2.19. The quantitative estimate of drug-likeness (QED) is 0.153. The smallest absolute Gasteiger partial charge is 0.323 e. The molecule has 9 heteroatoms. The molecule has 0 fully saturated rings. The van der Waals surface area contributed by atoms with Crippen LogP contribution in [0.15, 0.2) is 18.2 Å². The molecular weight excluding hydrogens is 502 g/mol. The molecule has 0 unspecified atom stereocenters. The van der Waals surface area contributed by atoms with Crippen molar-refractivity contribution in [3.05, 3.63) is 23.8 Å². The number of benzene rings is 1. The standard InChI is InChI=1S/C30H47NO8/c1-7-9-11-13-26(32)38-24-16-15-22(18-25(24)39-27(33)14-12-10-8-2)17-23(31)29(35)37-21(3)20-36-28(34)19-30(4,5)6/h15-16,18,21,23H,7-14,17,19-20,31H2,1-6H3/t21-,23-/m0/s1. The van der Waals surface area contributed by atoms with Gasteiger partial charge in [-0.1, -0.05) is 66.4 Å². The number of ether oxygens (including phenoxy) is 4. The third kappa shape index (κ3) is 15.3. The number of rotatable bonds is 17. The zero-order valence-corrected chi connectivity index (χ0v) is 24.5. The topological polar surface area (TPSA) is 131 Å². The van der Waals surface area contributed by atoms with Gasteiger partial charge in [0.2, 0.25) is 0 Å². The van der Waals surface area contributed by atoms with Gasteiger partial charge in [-0.3, -0.25) is 19.2 Å². The van der Waals surface area contributed by atoms with Gasteiger partial charge in [0.25, 0.3) is 0 Å². The lowest BCUT2D eigenvalue weighted by atomic mass is 9.92. The average Bonchev–Trinajstić information content (AvgIpc) is 2.83. The summed E-state index contributed by atoms with van der Waals surface area (Å²) in [5.74, 6) is -1.60. The first-order chi connectivity index (χ1) is 18.3. The third-order valence-corrected chi connectivity index (χ3v) is 5.65. The lowest BCUT2D eigenvalue weighted by molar-refractivity contribution is -0.159. The first kappa shape index (κ1) is 34.1. The Hall–Kier alpha value is -2.94. The normalized spacial score (nSPS) is 12.8. The van der Waals surface area contributed by atoms with Crippen LogP contribution in [0, 0.1) is 5.41 Å². The van der Waals surface area contributed by atoms with Crippen molar-refractivity contribution < 1.29 is 38.1 Å². The maximum absolute atomic E-state index is 12.5. The van der Waals surface area contributed by atoms with Crippen LogP contribution >= 0.6 is 0 Å². The summed E-state index contributed by atoms with van der Waals surface area (Å²) in [6.45, 7) is 11.4. The van der Waals surface area contributed by atoms with Gasteiger partial charge in [0.1, 0.15) is 18.8 Å². The molecule has 0 amide bonds. The number of nitrogens with two attached hydrogens (primary N) is 1. The van der Waals surface area contributed by atoms with Crippen molar-refractivity contribution >= 4 is 23.9 Å². The Morgan fingerprint density at radius 2 is 1.41 bits per heavy atom. The molecule has 0 saturated carbocycles. The second-order valence-electron chi connectivity index (χ2n) is 11.1. The van der Waals surface area contributed by atoms with Crippen molar-refractivity contribution in [1.82, 2.24) is 0 Å². The van der Waals surface area contributed by atoms with Crippen molar-refractivity contribution in [2.24, 2.45) is 11.1 Å². The third-order valence-electron chi connectivity index (χ3n) is 5.65. The Morgan fingerprint density at radius 3 is 1.95 bits per heavy atom. The summed E-state index contributed by atoms with van der Waals surface area (Å²) in [7, 11) is 0. The molecule has 1 aromatic carbocycles. The molecular formula is C30H47NO8. The van der Waals surface area contributed by atoms with Gasteiger partial charge in [-0.05, 0) is 49.3 Å². The summed E-state index contributed by atoms with van der Waals surface area (Å²) >= 11 is 0. The number of hydrogen-bond acceptors (Lipinski definition) is 9. The van der Waals surface area contributed by atoms with E-state index < -0.39 is 30.1 Å². The van der Waals surface area contributed by atoms with E-state index in [0.29, 0.717) is 18.4 Å². The second kappa shape index (κ2) is 17.6. The monoisotopic (exact) mass is 549 g/mol. The molecule has 0 aromatic heterocycles. The average molecular weight is 550 g/mol. The fourth-order valence-electron chi connectivity index (χ4n) is 3.58. The molecule has 1 aromatic rings. The zero-order chi connectivity index (χ0) is 29.4. The molecule has 0 aliphatic carbocycles. The summed E-state index contributed by atoms with van der Waals surface area (Å²) in [4.78, 5) is 49.1. The predicted molar refractivity (Wildman–Crippen MR) is 148 cm³/mol. The van der Waals surface area contributed by atoms with E-state index in [4.69, 9.17) is 24.7 Å². The van der Waals surface area contributed by atoms with Crippen molar-refractivity contribution in [3.8, 4) is 11.5 Å². The fourth-order valence-corrected chi connectivity index (χ4v) is 3.58. The first-order valence-electron chi connectivity index (χ1n) is 14.0. The minimum absolute atomic E-state index is 0.0657. The molecule has 1 rings (SSSR count). The lowest BCUT2D eigenvalue weighted by Crippen LogP contribution is -2.37. The number of esters is 4. The maximum Gasteiger partial charge on any atom is 0.323 e. The Kier molecular flexibility index (Phi) is 15.4. The van der Waals surface area contributed by atoms with Crippen molar-refractivity contribution in [2.75, 3.05) is 6.61 Å². The van der Waals surface area contributed by atoms with E-state index in [-0.39, 0.29) is 55.2 Å². The number of carbonyl (C=O) groups excluding carboxylic acids is 4. The molecule has 0 heterocycles. The van der Waals surface area contributed by atoms with Crippen molar-refractivity contribution in [1.29, 1.82) is 0 Å². The Morgan fingerprint density at radius 1 is 0.846 bits per heavy atom. The van der Waals surface area contributed by atoms with E-state index in [1.54, 1.807) is 19.1 Å². The van der Waals surface area contributed by atoms with Crippen LogP contribution in [-0.2, 0) is 35.1 Å². The van der Waals surface area contributed by atoms with E-state index in [1.165, 1.54) is 6.07 Å². The number of unbranched alkanes of at least 4 members (excludes halogenated alkanes) is 4. The number of carbonyl (C=O) groups is 4. The van der Waals surface area contributed by atoms with Gasteiger partial charge in [0.15, 0.2) is 11.5 Å². The Balaban J connectivity index is 2.83. The van der Waals surface area contributed by atoms with Crippen LogP contribution in [-0.4, -0.2) is 42.6 Å². The summed E-state index contributed by atoms with van der Waals surface area (Å²) in [5.41, 5.74) is 6.48. The van der Waals surface area contributed by atoms with Gasteiger partial charge in [-0.15, -0.1) is 0 Å². The van der Waals surface area contributed by atoms with Gasteiger partial charge < -0.3 is 24.7 Å². The van der Waals surface area contributed by atoms with E-state index in [9.17, 15) is 19.2 Å². The van der Waals surface area contributed by atoms with E-state index >= 15 is 0 Å². The van der Waals surface area contributed by atoms with Crippen molar-refractivity contribution in [2.45, 2.75) is 118 Å². The molecule has 0 bridgehead atoms. The van der Waals surface area contributed by atoms with Gasteiger partial charge in [-0.2, -0.15) is 0 Å². The van der Waals surface area contributed by atoms with Crippen LogP contribution in [0.3, 0.4) is 0 Å². The molecule has 0 saturated heterocycles. The minimum Gasteiger partial charge on any atom is -0.462 e. The molecule has 0 aliphatic heterocycles. The maximum atomic E-state index is 12.5. The molecule has 0 spiro atoms. The van der Waals surface area contributed by atoms with Crippen LogP contribution in [0.1, 0.15) is 105 Å². The Labute approximate surface area is 233 Å². The highest BCUT2D eigenvalue weighted by atomic mass is 16.6. The van der Waals surface area contributed by atoms with Crippen LogP contribution in [0.2, 0.25) is 0 Å². The molecule has 0 radical (unpaired) electrons. The zero-order valence-electron chi connectivity index (χ0n) is 24.5. The van der Waals surface area contributed by atoms with E-state index in [0.717, 1.165) is 25.7 Å². The second-order valence-corrected chi connectivity index (χ2v) is 11.1. The fraction of sp³-hybridized carbons (Fsp3) is 0.667. The van der Waals surface area contributed by atoms with Gasteiger partial charge in [0, 0.05) is 12.8 Å².